The van der Waals surface area contributed by atoms with Gasteiger partial charge in [0.15, 0.2) is 0 Å². The molecule has 1 aliphatic rings. The summed E-state index contributed by atoms with van der Waals surface area (Å²) in [6.45, 7) is -0.0317. The molecule has 1 saturated heterocycles. The number of carbonyl (C=O) groups excluding carboxylic acids is 3. The zero-order valence-corrected chi connectivity index (χ0v) is 19.8. The molecule has 0 spiro atoms. The molecule has 0 aliphatic carbocycles. The van der Waals surface area contributed by atoms with Gasteiger partial charge in [0.1, 0.15) is 5.75 Å². The molecule has 0 saturated carbocycles. The third kappa shape index (κ3) is 5.25. The van der Waals surface area contributed by atoms with Crippen LogP contribution in [0.15, 0.2) is 71.6 Å². The van der Waals surface area contributed by atoms with Crippen molar-refractivity contribution in [2.75, 3.05) is 0 Å². The van der Waals surface area contributed by atoms with E-state index in [1.54, 1.807) is 72.8 Å². The Morgan fingerprint density at radius 3 is 2.30 bits per heavy atom. The summed E-state index contributed by atoms with van der Waals surface area (Å²) in [6.07, 6.45) is 1.56. The lowest BCUT2D eigenvalue weighted by Gasteiger charge is -2.14. The number of benzene rings is 3. The predicted molar refractivity (Wildman–Crippen MR) is 131 cm³/mol. The number of rotatable bonds is 5. The van der Waals surface area contributed by atoms with E-state index in [2.05, 4.69) is 0 Å². The highest BCUT2D eigenvalue weighted by Gasteiger charge is 2.35. The van der Waals surface area contributed by atoms with Crippen molar-refractivity contribution >= 4 is 69.8 Å². The maximum atomic E-state index is 12.9. The van der Waals surface area contributed by atoms with Crippen LogP contribution < -0.4 is 4.74 Å². The van der Waals surface area contributed by atoms with Crippen molar-refractivity contribution < 1.29 is 19.1 Å². The molecule has 33 heavy (non-hydrogen) atoms. The molecule has 0 aromatic heterocycles. The number of imide groups is 1. The smallest absolute Gasteiger partial charge is 0.345 e. The van der Waals surface area contributed by atoms with Crippen molar-refractivity contribution in [2.24, 2.45) is 0 Å². The highest BCUT2D eigenvalue weighted by Crippen LogP contribution is 2.36. The van der Waals surface area contributed by atoms with Crippen molar-refractivity contribution in [3.05, 3.63) is 103 Å². The van der Waals surface area contributed by atoms with Gasteiger partial charge in [0, 0.05) is 15.6 Å². The number of hydrogen-bond donors (Lipinski definition) is 0. The second kappa shape index (κ2) is 10.0. The minimum atomic E-state index is -0.602. The molecule has 1 fully saturated rings. The van der Waals surface area contributed by atoms with E-state index in [0.717, 1.165) is 16.7 Å². The molecule has 9 heteroatoms. The average molecular weight is 519 g/mol. The van der Waals surface area contributed by atoms with E-state index in [-0.39, 0.29) is 27.8 Å². The summed E-state index contributed by atoms with van der Waals surface area (Å²) in [6, 6.07) is 18.1. The summed E-state index contributed by atoms with van der Waals surface area (Å²) in [7, 11) is 0. The number of thioether (sulfide) groups is 1. The van der Waals surface area contributed by atoms with Crippen LogP contribution in [0.2, 0.25) is 15.1 Å². The van der Waals surface area contributed by atoms with Gasteiger partial charge >= 0.3 is 5.97 Å². The Balaban J connectivity index is 1.52. The fourth-order valence-electron chi connectivity index (χ4n) is 3.09. The lowest BCUT2D eigenvalue weighted by Crippen LogP contribution is -2.27. The number of nitrogens with zero attached hydrogens (tertiary/aromatic N) is 1. The summed E-state index contributed by atoms with van der Waals surface area (Å²) < 4.78 is 5.41. The van der Waals surface area contributed by atoms with Crippen LogP contribution in [0.4, 0.5) is 4.79 Å². The van der Waals surface area contributed by atoms with Crippen LogP contribution in [0, 0.1) is 0 Å². The molecule has 1 aliphatic heterocycles. The highest BCUT2D eigenvalue weighted by molar-refractivity contribution is 8.18. The van der Waals surface area contributed by atoms with Gasteiger partial charge in [-0.05, 0) is 59.8 Å². The van der Waals surface area contributed by atoms with Crippen molar-refractivity contribution in [3.8, 4) is 5.75 Å². The molecule has 5 nitrogen and oxygen atoms in total. The molecular weight excluding hydrogens is 505 g/mol. The monoisotopic (exact) mass is 517 g/mol. The van der Waals surface area contributed by atoms with Crippen LogP contribution in [0.1, 0.15) is 21.5 Å². The molecule has 1 heterocycles. The van der Waals surface area contributed by atoms with Gasteiger partial charge < -0.3 is 4.74 Å². The second-order valence-corrected chi connectivity index (χ2v) is 9.12. The van der Waals surface area contributed by atoms with Gasteiger partial charge in [-0.2, -0.15) is 0 Å². The molecule has 3 aromatic rings. The molecule has 0 N–H and O–H groups in total. The number of esters is 1. The quantitative estimate of drug-likeness (QED) is 0.205. The Morgan fingerprint density at radius 2 is 1.58 bits per heavy atom. The Hall–Kier alpha value is -2.77. The van der Waals surface area contributed by atoms with Crippen LogP contribution in [0.5, 0.6) is 5.75 Å². The minimum Gasteiger partial charge on any atom is -0.423 e. The number of hydrogen-bond acceptors (Lipinski definition) is 5. The standard InChI is InChI=1S/C24H14Cl3NO4S/c25-18-8-2-1-7-16(18)23(30)32-15-6-3-5-14(11-15)12-21-22(29)28(24(31)33-21)13-17-19(26)9-4-10-20(17)27/h1-12H,13H2/b21-12-. The summed E-state index contributed by atoms with van der Waals surface area (Å²) >= 11 is 19.2. The predicted octanol–water partition coefficient (Wildman–Crippen LogP) is 7.10. The number of amides is 2. The van der Waals surface area contributed by atoms with Gasteiger partial charge in [-0.1, -0.05) is 65.1 Å². The van der Waals surface area contributed by atoms with Gasteiger partial charge in [-0.3, -0.25) is 14.5 Å². The van der Waals surface area contributed by atoms with Gasteiger partial charge in [-0.25, -0.2) is 4.79 Å². The van der Waals surface area contributed by atoms with Crippen molar-refractivity contribution in [1.29, 1.82) is 0 Å². The molecule has 2 amide bonds. The molecule has 0 bridgehead atoms. The Bertz CT molecular complexity index is 1290. The third-order valence-corrected chi connectivity index (χ3v) is 6.66. The van der Waals surface area contributed by atoms with E-state index in [0.29, 0.717) is 21.2 Å². The fourth-order valence-corrected chi connectivity index (χ4v) is 4.65. The fraction of sp³-hybridized carbons (Fsp3) is 0.0417. The van der Waals surface area contributed by atoms with E-state index in [1.807, 2.05) is 0 Å². The van der Waals surface area contributed by atoms with Crippen molar-refractivity contribution in [2.45, 2.75) is 6.54 Å². The SMILES string of the molecule is O=C(Oc1cccc(/C=C2\SC(=O)N(Cc3c(Cl)cccc3Cl)C2=O)c1)c1ccccc1Cl. The van der Waals surface area contributed by atoms with Crippen LogP contribution in [0.25, 0.3) is 6.08 Å². The van der Waals surface area contributed by atoms with Gasteiger partial charge in [0.05, 0.1) is 22.0 Å². The molecule has 0 unspecified atom stereocenters. The number of ether oxygens (including phenoxy) is 1. The lowest BCUT2D eigenvalue weighted by atomic mass is 10.2. The summed E-state index contributed by atoms with van der Waals surface area (Å²) in [4.78, 5) is 39.1. The van der Waals surface area contributed by atoms with Crippen LogP contribution >= 0.6 is 46.6 Å². The molecule has 0 atom stereocenters. The third-order valence-electron chi connectivity index (χ3n) is 4.71. The first-order valence-electron chi connectivity index (χ1n) is 9.58. The maximum Gasteiger partial charge on any atom is 0.345 e. The first-order chi connectivity index (χ1) is 15.8. The van der Waals surface area contributed by atoms with E-state index in [9.17, 15) is 14.4 Å². The Kier molecular flexibility index (Phi) is 7.10. The van der Waals surface area contributed by atoms with Crippen molar-refractivity contribution in [1.82, 2.24) is 4.90 Å². The van der Waals surface area contributed by atoms with Gasteiger partial charge in [0.2, 0.25) is 0 Å². The lowest BCUT2D eigenvalue weighted by molar-refractivity contribution is -0.123. The second-order valence-electron chi connectivity index (χ2n) is 6.91. The normalized spacial score (nSPS) is 14.8. The zero-order valence-electron chi connectivity index (χ0n) is 16.8. The van der Waals surface area contributed by atoms with Crippen LogP contribution in [-0.4, -0.2) is 22.0 Å². The molecule has 4 rings (SSSR count). The zero-order chi connectivity index (χ0) is 23.5. The number of halogens is 3. The molecule has 3 aromatic carbocycles. The Labute approximate surface area is 208 Å². The summed E-state index contributed by atoms with van der Waals surface area (Å²) in [5, 5.41) is 0.603. The highest BCUT2D eigenvalue weighted by atomic mass is 35.5. The minimum absolute atomic E-state index is 0.0317. The average Bonchev–Trinajstić information content (AvgIpc) is 3.04. The molecular formula is C24H14Cl3NO4S. The molecule has 166 valence electrons. The van der Waals surface area contributed by atoms with Crippen LogP contribution in [0.3, 0.4) is 0 Å². The maximum absolute atomic E-state index is 12.9. The summed E-state index contributed by atoms with van der Waals surface area (Å²) in [5.74, 6) is -0.787. The first kappa shape index (κ1) is 23.4. The van der Waals surface area contributed by atoms with E-state index >= 15 is 0 Å². The summed E-state index contributed by atoms with van der Waals surface area (Å²) in [5.41, 5.74) is 1.32. The van der Waals surface area contributed by atoms with Gasteiger partial charge in [-0.15, -0.1) is 0 Å². The first-order valence-corrected chi connectivity index (χ1v) is 11.5. The van der Waals surface area contributed by atoms with Gasteiger partial charge in [0.25, 0.3) is 11.1 Å². The van der Waals surface area contributed by atoms with E-state index < -0.39 is 17.1 Å². The Morgan fingerprint density at radius 1 is 0.909 bits per heavy atom. The topological polar surface area (TPSA) is 63.7 Å². The van der Waals surface area contributed by atoms with E-state index in [4.69, 9.17) is 39.5 Å². The number of carbonyl (C=O) groups is 3. The van der Waals surface area contributed by atoms with Crippen LogP contribution in [-0.2, 0) is 11.3 Å². The molecule has 0 radical (unpaired) electrons. The van der Waals surface area contributed by atoms with Crippen molar-refractivity contribution in [3.63, 3.8) is 0 Å². The van der Waals surface area contributed by atoms with E-state index in [1.165, 1.54) is 0 Å². The largest absolute Gasteiger partial charge is 0.423 e.